The van der Waals surface area contributed by atoms with Crippen molar-refractivity contribution in [3.63, 3.8) is 0 Å². The second-order valence-electron chi connectivity index (χ2n) is 7.27. The van der Waals surface area contributed by atoms with Gasteiger partial charge in [-0.2, -0.15) is 4.31 Å². The van der Waals surface area contributed by atoms with E-state index in [1.54, 1.807) is 19.1 Å². The van der Waals surface area contributed by atoms with Crippen LogP contribution >= 0.6 is 11.6 Å². The lowest BCUT2D eigenvalue weighted by Crippen LogP contribution is -2.51. The molecule has 8 heteroatoms. The summed E-state index contributed by atoms with van der Waals surface area (Å²) < 4.78 is 40.2. The van der Waals surface area contributed by atoms with Crippen molar-refractivity contribution in [2.45, 2.75) is 31.2 Å². The second kappa shape index (κ2) is 8.19. The summed E-state index contributed by atoms with van der Waals surface area (Å²) in [4.78, 5) is 12.9. The van der Waals surface area contributed by atoms with E-state index in [9.17, 15) is 17.6 Å². The Balaban J connectivity index is 1.70. The number of piperidine rings is 1. The number of nitrogens with one attached hydrogen (secondary N) is 1. The molecule has 2 aromatic rings. The normalized spacial score (nSPS) is 20.7. The molecule has 0 saturated carbocycles. The Morgan fingerprint density at radius 2 is 1.82 bits per heavy atom. The Labute approximate surface area is 169 Å². The first kappa shape index (κ1) is 20.8. The average molecular weight is 425 g/mol. The van der Waals surface area contributed by atoms with Crippen molar-refractivity contribution in [2.24, 2.45) is 5.41 Å². The molecule has 0 aliphatic carbocycles. The van der Waals surface area contributed by atoms with Crippen molar-refractivity contribution in [2.75, 3.05) is 13.1 Å². The summed E-state index contributed by atoms with van der Waals surface area (Å²) in [6.45, 7) is 2.51. The number of carbonyl (C=O) groups is 1. The van der Waals surface area contributed by atoms with Gasteiger partial charge >= 0.3 is 0 Å². The van der Waals surface area contributed by atoms with Crippen LogP contribution in [0.1, 0.15) is 25.3 Å². The first-order valence-electron chi connectivity index (χ1n) is 8.99. The highest BCUT2D eigenvalue weighted by atomic mass is 35.5. The molecule has 1 aliphatic rings. The van der Waals surface area contributed by atoms with Crippen molar-refractivity contribution >= 4 is 27.5 Å². The third-order valence-corrected chi connectivity index (χ3v) is 7.14. The number of hydrogen-bond donors (Lipinski definition) is 1. The van der Waals surface area contributed by atoms with Gasteiger partial charge in [-0.25, -0.2) is 12.8 Å². The van der Waals surface area contributed by atoms with Crippen molar-refractivity contribution < 1.29 is 17.6 Å². The largest absolute Gasteiger partial charge is 0.352 e. The van der Waals surface area contributed by atoms with Crippen LogP contribution in [0, 0.1) is 11.2 Å². The predicted octanol–water partition coefficient (Wildman–Crippen LogP) is 3.59. The Morgan fingerprint density at radius 1 is 1.18 bits per heavy atom. The fourth-order valence-corrected chi connectivity index (χ4v) is 5.07. The zero-order valence-electron chi connectivity index (χ0n) is 15.5. The molecular weight excluding hydrogens is 403 g/mol. The zero-order chi connectivity index (χ0) is 20.4. The molecule has 1 amide bonds. The predicted molar refractivity (Wildman–Crippen MR) is 106 cm³/mol. The molecule has 0 radical (unpaired) electrons. The van der Waals surface area contributed by atoms with Crippen molar-refractivity contribution in [1.82, 2.24) is 9.62 Å². The van der Waals surface area contributed by atoms with E-state index < -0.39 is 15.4 Å². The number of benzene rings is 2. The van der Waals surface area contributed by atoms with Crippen LogP contribution < -0.4 is 5.32 Å². The highest BCUT2D eigenvalue weighted by molar-refractivity contribution is 7.89. The molecule has 1 heterocycles. The molecule has 0 spiro atoms. The van der Waals surface area contributed by atoms with Gasteiger partial charge in [0.05, 0.1) is 10.3 Å². The molecule has 2 aromatic carbocycles. The van der Waals surface area contributed by atoms with Crippen LogP contribution in [0.3, 0.4) is 0 Å². The molecule has 150 valence electrons. The lowest BCUT2D eigenvalue weighted by atomic mass is 9.82. The van der Waals surface area contributed by atoms with Crippen molar-refractivity contribution in [3.8, 4) is 0 Å². The van der Waals surface area contributed by atoms with Crippen LogP contribution in [0.25, 0.3) is 0 Å². The van der Waals surface area contributed by atoms with E-state index in [-0.39, 0.29) is 29.7 Å². The fraction of sp³-hybridized carbons (Fsp3) is 0.350. The lowest BCUT2D eigenvalue weighted by Gasteiger charge is -2.38. The fourth-order valence-electron chi connectivity index (χ4n) is 3.34. The minimum atomic E-state index is -3.70. The number of hydrogen-bond acceptors (Lipinski definition) is 3. The number of carbonyl (C=O) groups excluding carboxylic acids is 1. The van der Waals surface area contributed by atoms with Gasteiger partial charge in [0.25, 0.3) is 0 Å². The van der Waals surface area contributed by atoms with Gasteiger partial charge < -0.3 is 5.32 Å². The van der Waals surface area contributed by atoms with Crippen LogP contribution in [0.15, 0.2) is 53.4 Å². The van der Waals surface area contributed by atoms with Gasteiger partial charge in [0.15, 0.2) is 0 Å². The van der Waals surface area contributed by atoms with Gasteiger partial charge in [-0.3, -0.25) is 4.79 Å². The van der Waals surface area contributed by atoms with E-state index in [1.165, 1.54) is 40.7 Å². The number of sulfonamides is 1. The Hall–Kier alpha value is -1.96. The van der Waals surface area contributed by atoms with Crippen molar-refractivity contribution in [3.05, 3.63) is 64.9 Å². The quantitative estimate of drug-likeness (QED) is 0.797. The van der Waals surface area contributed by atoms with Crippen LogP contribution in [-0.4, -0.2) is 31.7 Å². The summed E-state index contributed by atoms with van der Waals surface area (Å²) in [6, 6.07) is 11.9. The molecule has 3 rings (SSSR count). The van der Waals surface area contributed by atoms with E-state index in [0.29, 0.717) is 24.4 Å². The molecule has 1 unspecified atom stereocenters. The Morgan fingerprint density at radius 3 is 2.46 bits per heavy atom. The van der Waals surface area contributed by atoms with Crippen LogP contribution in [0.4, 0.5) is 4.39 Å². The van der Waals surface area contributed by atoms with E-state index in [4.69, 9.17) is 11.6 Å². The van der Waals surface area contributed by atoms with Crippen LogP contribution in [-0.2, 0) is 21.4 Å². The summed E-state index contributed by atoms with van der Waals surface area (Å²) in [5.74, 6) is -0.551. The van der Waals surface area contributed by atoms with Gasteiger partial charge in [0, 0.05) is 24.7 Å². The molecule has 0 bridgehead atoms. The van der Waals surface area contributed by atoms with Gasteiger partial charge in [0.2, 0.25) is 15.9 Å². The SMILES string of the molecule is CC1(C(=O)NCc2ccc(F)cc2)CCCN(S(=O)(=O)c2ccc(Cl)cc2)C1. The van der Waals surface area contributed by atoms with E-state index in [0.717, 1.165) is 5.56 Å². The van der Waals surface area contributed by atoms with E-state index in [1.807, 2.05) is 0 Å². The van der Waals surface area contributed by atoms with Gasteiger partial charge in [-0.05, 0) is 61.7 Å². The Bertz CT molecular complexity index is 948. The number of rotatable bonds is 5. The molecule has 28 heavy (non-hydrogen) atoms. The smallest absolute Gasteiger partial charge is 0.243 e. The second-order valence-corrected chi connectivity index (χ2v) is 9.64. The first-order chi connectivity index (χ1) is 13.2. The summed E-state index contributed by atoms with van der Waals surface area (Å²) in [6.07, 6.45) is 1.18. The zero-order valence-corrected chi connectivity index (χ0v) is 17.1. The molecule has 1 atom stereocenters. The molecule has 0 aromatic heterocycles. The highest BCUT2D eigenvalue weighted by Gasteiger charge is 2.41. The molecule has 5 nitrogen and oxygen atoms in total. The third-order valence-electron chi connectivity index (χ3n) is 5.03. The summed E-state index contributed by atoms with van der Waals surface area (Å²) in [7, 11) is -3.70. The maximum atomic E-state index is 13.0. The maximum Gasteiger partial charge on any atom is 0.243 e. The minimum Gasteiger partial charge on any atom is -0.352 e. The van der Waals surface area contributed by atoms with Gasteiger partial charge in [0.1, 0.15) is 5.82 Å². The topological polar surface area (TPSA) is 66.5 Å². The number of nitrogens with zero attached hydrogens (tertiary/aromatic N) is 1. The first-order valence-corrected chi connectivity index (χ1v) is 10.8. The summed E-state index contributed by atoms with van der Waals surface area (Å²) in [5, 5.41) is 3.31. The van der Waals surface area contributed by atoms with Gasteiger partial charge in [-0.15, -0.1) is 0 Å². The van der Waals surface area contributed by atoms with Crippen molar-refractivity contribution in [1.29, 1.82) is 0 Å². The molecule has 1 aliphatic heterocycles. The monoisotopic (exact) mass is 424 g/mol. The molecule has 1 N–H and O–H groups in total. The minimum absolute atomic E-state index is 0.104. The van der Waals surface area contributed by atoms with Crippen LogP contribution in [0.5, 0.6) is 0 Å². The highest BCUT2D eigenvalue weighted by Crippen LogP contribution is 2.33. The lowest BCUT2D eigenvalue weighted by molar-refractivity contribution is -0.132. The molecular formula is C20H22ClFN2O3S. The Kier molecular flexibility index (Phi) is 6.07. The van der Waals surface area contributed by atoms with Gasteiger partial charge in [-0.1, -0.05) is 23.7 Å². The third kappa shape index (κ3) is 4.54. The molecule has 1 saturated heterocycles. The molecule has 1 fully saturated rings. The van der Waals surface area contributed by atoms with Crippen LogP contribution in [0.2, 0.25) is 5.02 Å². The number of amides is 1. The summed E-state index contributed by atoms with van der Waals surface area (Å²) >= 11 is 5.85. The van der Waals surface area contributed by atoms with E-state index in [2.05, 4.69) is 5.32 Å². The van der Waals surface area contributed by atoms with E-state index >= 15 is 0 Å². The average Bonchev–Trinajstić information content (AvgIpc) is 2.67. The standard InChI is InChI=1S/C20H22ClFN2O3S/c1-20(19(25)23-13-15-3-7-17(22)8-4-15)11-2-12-24(14-20)28(26,27)18-9-5-16(21)6-10-18/h3-10H,2,11-14H2,1H3,(H,23,25). The maximum absolute atomic E-state index is 13.0. The summed E-state index contributed by atoms with van der Waals surface area (Å²) in [5.41, 5.74) is -0.0579. The number of halogens is 2.